The van der Waals surface area contributed by atoms with Crippen LogP contribution >= 0.6 is 11.3 Å². The minimum Gasteiger partial charge on any atom is -0.316 e. The van der Waals surface area contributed by atoms with Gasteiger partial charge in [-0.3, -0.25) is 4.79 Å². The fourth-order valence-corrected chi connectivity index (χ4v) is 3.78. The Hall–Kier alpha value is -3.23. The molecule has 0 spiro atoms. The first-order chi connectivity index (χ1) is 14.0. The monoisotopic (exact) mass is 401 g/mol. The first kappa shape index (κ1) is 20.5. The summed E-state index contributed by atoms with van der Waals surface area (Å²) in [5, 5.41) is 13.9. The molecule has 1 amide bonds. The number of nitriles is 1. The molecule has 0 aliphatic rings. The summed E-state index contributed by atoms with van der Waals surface area (Å²) in [4.78, 5) is 16.7. The summed E-state index contributed by atoms with van der Waals surface area (Å²) in [6, 6.07) is 20.1. The number of rotatable bonds is 6. The van der Waals surface area contributed by atoms with E-state index in [0.29, 0.717) is 33.6 Å². The number of carbonyl (C=O) groups excluding carboxylic acids is 1. The van der Waals surface area contributed by atoms with Crippen molar-refractivity contribution in [2.75, 3.05) is 5.32 Å². The van der Waals surface area contributed by atoms with Crippen molar-refractivity contribution in [1.29, 1.82) is 5.26 Å². The molecule has 1 heterocycles. The van der Waals surface area contributed by atoms with Crippen molar-refractivity contribution in [2.45, 2.75) is 33.1 Å². The molecule has 0 saturated heterocycles. The average Bonchev–Trinajstić information content (AvgIpc) is 3.16. The summed E-state index contributed by atoms with van der Waals surface area (Å²) in [5.74, 6) is 0.379. The van der Waals surface area contributed by atoms with Gasteiger partial charge in [0.2, 0.25) is 5.91 Å². The molecule has 3 rings (SSSR count). The van der Waals surface area contributed by atoms with E-state index < -0.39 is 0 Å². The van der Waals surface area contributed by atoms with Crippen molar-refractivity contribution in [3.05, 3.63) is 70.7 Å². The lowest BCUT2D eigenvalue weighted by atomic mass is 10.0. The van der Waals surface area contributed by atoms with Gasteiger partial charge < -0.3 is 5.32 Å². The van der Waals surface area contributed by atoms with Crippen LogP contribution in [0, 0.1) is 11.3 Å². The first-order valence-corrected chi connectivity index (χ1v) is 10.4. The zero-order valence-corrected chi connectivity index (χ0v) is 17.6. The smallest absolute Gasteiger partial charge is 0.224 e. The van der Waals surface area contributed by atoms with E-state index in [1.807, 2.05) is 48.5 Å². The number of hydrogen-bond donors (Lipinski definition) is 1. The summed E-state index contributed by atoms with van der Waals surface area (Å²) < 4.78 is 0. The van der Waals surface area contributed by atoms with E-state index in [-0.39, 0.29) is 5.91 Å². The Kier molecular flexibility index (Phi) is 6.58. The van der Waals surface area contributed by atoms with Gasteiger partial charge in [-0.05, 0) is 23.1 Å². The second kappa shape index (κ2) is 9.31. The van der Waals surface area contributed by atoms with Gasteiger partial charge in [-0.25, -0.2) is 4.98 Å². The van der Waals surface area contributed by atoms with Gasteiger partial charge in [-0.15, -0.1) is 0 Å². The topological polar surface area (TPSA) is 65.8 Å². The van der Waals surface area contributed by atoms with Crippen molar-refractivity contribution < 1.29 is 4.79 Å². The molecule has 0 fully saturated rings. The largest absolute Gasteiger partial charge is 0.316 e. The van der Waals surface area contributed by atoms with Crippen LogP contribution in [0.3, 0.4) is 0 Å². The van der Waals surface area contributed by atoms with E-state index >= 15 is 0 Å². The van der Waals surface area contributed by atoms with E-state index in [2.05, 4.69) is 37.4 Å². The molecule has 0 unspecified atom stereocenters. The number of amides is 1. The maximum Gasteiger partial charge on any atom is 0.224 e. The number of thiazole rings is 1. The Morgan fingerprint density at radius 2 is 1.86 bits per heavy atom. The van der Waals surface area contributed by atoms with Crippen LogP contribution in [-0.2, 0) is 4.79 Å². The Morgan fingerprint density at radius 1 is 1.17 bits per heavy atom. The van der Waals surface area contributed by atoms with Crippen LogP contribution in [0.5, 0.6) is 0 Å². The van der Waals surface area contributed by atoms with E-state index in [1.165, 1.54) is 16.9 Å². The van der Waals surface area contributed by atoms with E-state index in [1.54, 1.807) is 6.92 Å². The van der Waals surface area contributed by atoms with Gasteiger partial charge in [0.05, 0.1) is 5.57 Å². The molecule has 29 heavy (non-hydrogen) atoms. The molecular formula is C24H23N3OS. The molecule has 0 bridgehead atoms. The number of carbonyl (C=O) groups is 1. The molecule has 1 aromatic heterocycles. The number of aromatic nitrogens is 1. The van der Waals surface area contributed by atoms with Gasteiger partial charge in [0.15, 0.2) is 0 Å². The number of nitrogens with zero attached hydrogens (tertiary/aromatic N) is 2. The maximum atomic E-state index is 12.0. The molecule has 146 valence electrons. The summed E-state index contributed by atoms with van der Waals surface area (Å²) in [7, 11) is 0. The van der Waals surface area contributed by atoms with Crippen LogP contribution in [0.4, 0.5) is 5.00 Å². The van der Waals surface area contributed by atoms with Crippen molar-refractivity contribution in [1.82, 2.24) is 4.98 Å². The molecule has 0 saturated carbocycles. The molecule has 1 N–H and O–H groups in total. The van der Waals surface area contributed by atoms with E-state index in [4.69, 9.17) is 4.98 Å². The van der Waals surface area contributed by atoms with Gasteiger partial charge >= 0.3 is 0 Å². The summed E-state index contributed by atoms with van der Waals surface area (Å²) in [5.41, 5.74) is 4.26. The number of allylic oxidation sites excluding steroid dienone is 1. The van der Waals surface area contributed by atoms with E-state index in [9.17, 15) is 10.1 Å². The van der Waals surface area contributed by atoms with Gasteiger partial charge in [-0.1, -0.05) is 86.7 Å². The van der Waals surface area contributed by atoms with Crippen molar-refractivity contribution in [2.24, 2.45) is 0 Å². The Balaban J connectivity index is 2.01. The highest BCUT2D eigenvalue weighted by molar-refractivity contribution is 7.17. The van der Waals surface area contributed by atoms with Gasteiger partial charge in [0.1, 0.15) is 21.8 Å². The molecule has 0 atom stereocenters. The standard InChI is InChI=1S/C24H23N3OS/c1-4-21(28)26-24-22(19-8-6-5-7-9-19)27-23(29-24)20(15-25)14-17-10-12-18(13-11-17)16(2)3/h5-14,16H,4H2,1-3H3,(H,26,28). The lowest BCUT2D eigenvalue weighted by molar-refractivity contribution is -0.115. The SMILES string of the molecule is CCC(=O)Nc1sc(C(C#N)=Cc2ccc(C(C)C)cc2)nc1-c1ccccc1. The van der Waals surface area contributed by atoms with Crippen molar-refractivity contribution >= 4 is 33.9 Å². The molecular weight excluding hydrogens is 378 g/mol. The lowest BCUT2D eigenvalue weighted by Crippen LogP contribution is -2.08. The minimum absolute atomic E-state index is 0.0795. The van der Waals surface area contributed by atoms with Crippen LogP contribution in [0.1, 0.15) is 49.2 Å². The van der Waals surface area contributed by atoms with Crippen LogP contribution in [0.25, 0.3) is 22.9 Å². The second-order valence-corrected chi connectivity index (χ2v) is 7.95. The number of benzene rings is 2. The van der Waals surface area contributed by atoms with Gasteiger partial charge in [0, 0.05) is 12.0 Å². The number of anilines is 1. The predicted molar refractivity (Wildman–Crippen MR) is 120 cm³/mol. The molecule has 0 aliphatic heterocycles. The van der Waals surface area contributed by atoms with Crippen LogP contribution in [-0.4, -0.2) is 10.9 Å². The highest BCUT2D eigenvalue weighted by atomic mass is 32.1. The molecule has 3 aromatic rings. The fourth-order valence-electron chi connectivity index (χ4n) is 2.81. The van der Waals surface area contributed by atoms with Crippen molar-refractivity contribution in [3.63, 3.8) is 0 Å². The number of nitrogens with one attached hydrogen (secondary N) is 1. The summed E-state index contributed by atoms with van der Waals surface area (Å²) in [6.07, 6.45) is 2.22. The van der Waals surface area contributed by atoms with Crippen molar-refractivity contribution in [3.8, 4) is 17.3 Å². The second-order valence-electron chi connectivity index (χ2n) is 6.96. The highest BCUT2D eigenvalue weighted by Crippen LogP contribution is 2.36. The zero-order valence-electron chi connectivity index (χ0n) is 16.8. The van der Waals surface area contributed by atoms with Crippen LogP contribution in [0.2, 0.25) is 0 Å². The summed E-state index contributed by atoms with van der Waals surface area (Å²) in [6.45, 7) is 6.11. The number of hydrogen-bond acceptors (Lipinski definition) is 4. The predicted octanol–water partition coefficient (Wildman–Crippen LogP) is 6.35. The lowest BCUT2D eigenvalue weighted by Gasteiger charge is -2.04. The highest BCUT2D eigenvalue weighted by Gasteiger charge is 2.17. The first-order valence-electron chi connectivity index (χ1n) is 9.60. The molecule has 0 radical (unpaired) electrons. The van der Waals surface area contributed by atoms with Crippen LogP contribution in [0.15, 0.2) is 54.6 Å². The van der Waals surface area contributed by atoms with Gasteiger partial charge in [0.25, 0.3) is 0 Å². The quantitative estimate of drug-likeness (QED) is 0.490. The molecule has 2 aromatic carbocycles. The third kappa shape index (κ3) is 4.98. The summed E-state index contributed by atoms with van der Waals surface area (Å²) >= 11 is 1.32. The normalized spacial score (nSPS) is 11.3. The molecule has 0 aliphatic carbocycles. The average molecular weight is 402 g/mol. The third-order valence-corrected chi connectivity index (χ3v) is 5.52. The molecule has 4 nitrogen and oxygen atoms in total. The zero-order chi connectivity index (χ0) is 20.8. The minimum atomic E-state index is -0.0795. The maximum absolute atomic E-state index is 12.0. The Morgan fingerprint density at radius 3 is 2.45 bits per heavy atom. The van der Waals surface area contributed by atoms with Crippen LogP contribution < -0.4 is 5.32 Å². The van der Waals surface area contributed by atoms with Gasteiger partial charge in [-0.2, -0.15) is 5.26 Å². The van der Waals surface area contributed by atoms with E-state index in [0.717, 1.165) is 11.1 Å². The fraction of sp³-hybridized carbons (Fsp3) is 0.208. The third-order valence-electron chi connectivity index (χ3n) is 4.51. The Bertz CT molecular complexity index is 1060. The Labute approximate surface area is 175 Å². The molecule has 5 heteroatoms.